The Bertz CT molecular complexity index is 460. The van der Waals surface area contributed by atoms with Crippen LogP contribution in [0, 0.1) is 0 Å². The Kier molecular flexibility index (Phi) is 7.19. The maximum atomic E-state index is 11.5. The molecule has 0 bridgehead atoms. The number of hydrogen-bond donors (Lipinski definition) is 3. The molecule has 0 radical (unpaired) electrons. The van der Waals surface area contributed by atoms with E-state index in [2.05, 4.69) is 15.7 Å². The van der Waals surface area contributed by atoms with E-state index in [9.17, 15) is 9.59 Å². The predicted molar refractivity (Wildman–Crippen MR) is 76.3 cm³/mol. The predicted octanol–water partition coefficient (Wildman–Crippen LogP) is -0.333. The summed E-state index contributed by atoms with van der Waals surface area (Å²) in [6.45, 7) is 2.01. The number of carboxylic acids is 1. The van der Waals surface area contributed by atoms with Crippen molar-refractivity contribution in [2.24, 2.45) is 0 Å². The lowest BCUT2D eigenvalue weighted by molar-refractivity contribution is -0.137. The second-order valence-corrected chi connectivity index (χ2v) is 4.62. The molecular formula is C12H21N5O4. The molecule has 0 saturated heterocycles. The standard InChI is InChI=1S/C12H21N5O4/c1-16(2)4-6-21-5-3-13-12(20)15-10-7-14-17(8-10)9-11(18)19/h7-8H,3-6,9H2,1-2H3,(H,18,19)(H2,13,15,20). The minimum atomic E-state index is -0.996. The Morgan fingerprint density at radius 2 is 2.19 bits per heavy atom. The highest BCUT2D eigenvalue weighted by Crippen LogP contribution is 2.03. The molecule has 118 valence electrons. The lowest BCUT2D eigenvalue weighted by Gasteiger charge is -2.10. The van der Waals surface area contributed by atoms with Crippen molar-refractivity contribution in [3.8, 4) is 0 Å². The molecule has 0 aliphatic heterocycles. The number of ether oxygens (including phenoxy) is 1. The Morgan fingerprint density at radius 3 is 2.86 bits per heavy atom. The van der Waals surface area contributed by atoms with Crippen LogP contribution in [0.3, 0.4) is 0 Å². The van der Waals surface area contributed by atoms with Crippen LogP contribution in [-0.4, -0.2) is 72.2 Å². The molecule has 0 atom stereocenters. The van der Waals surface area contributed by atoms with Crippen LogP contribution >= 0.6 is 0 Å². The largest absolute Gasteiger partial charge is 0.480 e. The summed E-state index contributed by atoms with van der Waals surface area (Å²) >= 11 is 0. The van der Waals surface area contributed by atoms with Gasteiger partial charge in [0.1, 0.15) is 6.54 Å². The SMILES string of the molecule is CN(C)CCOCCNC(=O)Nc1cnn(CC(=O)O)c1. The average molecular weight is 299 g/mol. The van der Waals surface area contributed by atoms with Gasteiger partial charge in [0, 0.05) is 19.3 Å². The Hall–Kier alpha value is -2.13. The number of carboxylic acid groups (broad SMARTS) is 1. The molecule has 9 heteroatoms. The number of anilines is 1. The zero-order valence-corrected chi connectivity index (χ0v) is 12.2. The molecule has 0 unspecified atom stereocenters. The van der Waals surface area contributed by atoms with Crippen molar-refractivity contribution in [1.29, 1.82) is 0 Å². The van der Waals surface area contributed by atoms with Crippen LogP contribution in [0.1, 0.15) is 0 Å². The summed E-state index contributed by atoms with van der Waals surface area (Å²) in [4.78, 5) is 24.0. The van der Waals surface area contributed by atoms with Crippen molar-refractivity contribution < 1.29 is 19.4 Å². The van der Waals surface area contributed by atoms with E-state index in [4.69, 9.17) is 9.84 Å². The first-order valence-electron chi connectivity index (χ1n) is 6.49. The minimum Gasteiger partial charge on any atom is -0.480 e. The normalized spacial score (nSPS) is 10.6. The molecule has 0 spiro atoms. The smallest absolute Gasteiger partial charge is 0.325 e. The Balaban J connectivity index is 2.16. The maximum Gasteiger partial charge on any atom is 0.325 e. The van der Waals surface area contributed by atoms with Crippen LogP contribution in [0.2, 0.25) is 0 Å². The topological polar surface area (TPSA) is 109 Å². The van der Waals surface area contributed by atoms with Crippen LogP contribution in [-0.2, 0) is 16.1 Å². The molecule has 3 N–H and O–H groups in total. The van der Waals surface area contributed by atoms with Gasteiger partial charge in [-0.25, -0.2) is 4.79 Å². The highest BCUT2D eigenvalue weighted by atomic mass is 16.5. The van der Waals surface area contributed by atoms with Crippen LogP contribution < -0.4 is 10.6 Å². The minimum absolute atomic E-state index is 0.247. The van der Waals surface area contributed by atoms with Gasteiger partial charge in [-0.15, -0.1) is 0 Å². The van der Waals surface area contributed by atoms with E-state index in [0.717, 1.165) is 6.54 Å². The fourth-order valence-corrected chi connectivity index (χ4v) is 1.41. The highest BCUT2D eigenvalue weighted by molar-refractivity contribution is 5.88. The van der Waals surface area contributed by atoms with Gasteiger partial charge in [-0.1, -0.05) is 0 Å². The van der Waals surface area contributed by atoms with Crippen molar-refractivity contribution in [2.75, 3.05) is 45.7 Å². The molecule has 1 rings (SSSR count). The van der Waals surface area contributed by atoms with E-state index in [0.29, 0.717) is 25.4 Å². The quantitative estimate of drug-likeness (QED) is 0.539. The van der Waals surface area contributed by atoms with Crippen molar-refractivity contribution in [2.45, 2.75) is 6.54 Å². The number of aromatic nitrogens is 2. The molecule has 0 aliphatic rings. The first-order chi connectivity index (χ1) is 9.97. The number of nitrogens with zero attached hydrogens (tertiary/aromatic N) is 3. The van der Waals surface area contributed by atoms with Crippen LogP contribution in [0.15, 0.2) is 12.4 Å². The maximum absolute atomic E-state index is 11.5. The van der Waals surface area contributed by atoms with E-state index >= 15 is 0 Å². The van der Waals surface area contributed by atoms with Gasteiger partial charge in [-0.2, -0.15) is 5.10 Å². The number of likely N-dealkylation sites (N-methyl/N-ethyl adjacent to an activating group) is 1. The summed E-state index contributed by atoms with van der Waals surface area (Å²) in [6.07, 6.45) is 2.83. The van der Waals surface area contributed by atoms with E-state index in [1.807, 2.05) is 19.0 Å². The average Bonchev–Trinajstić information content (AvgIpc) is 2.79. The highest BCUT2D eigenvalue weighted by Gasteiger charge is 2.05. The number of nitrogens with one attached hydrogen (secondary N) is 2. The number of carbonyl (C=O) groups is 2. The lowest BCUT2D eigenvalue weighted by Crippen LogP contribution is -2.32. The van der Waals surface area contributed by atoms with Gasteiger partial charge in [-0.05, 0) is 14.1 Å². The zero-order valence-electron chi connectivity index (χ0n) is 12.2. The summed E-state index contributed by atoms with van der Waals surface area (Å²) in [5.41, 5.74) is 0.433. The Labute approximate surface area is 122 Å². The molecule has 1 aromatic heterocycles. The fourth-order valence-electron chi connectivity index (χ4n) is 1.41. The van der Waals surface area contributed by atoms with Crippen molar-refractivity contribution in [1.82, 2.24) is 20.0 Å². The van der Waals surface area contributed by atoms with E-state index < -0.39 is 5.97 Å². The summed E-state index contributed by atoms with van der Waals surface area (Å²) in [5.74, 6) is -0.996. The summed E-state index contributed by atoms with van der Waals surface area (Å²) in [7, 11) is 3.92. The van der Waals surface area contributed by atoms with Crippen molar-refractivity contribution in [3.05, 3.63) is 12.4 Å². The monoisotopic (exact) mass is 299 g/mol. The molecule has 0 aromatic carbocycles. The second kappa shape index (κ2) is 8.93. The number of aliphatic carboxylic acids is 1. The third-order valence-electron chi connectivity index (χ3n) is 2.40. The molecule has 1 heterocycles. The Morgan fingerprint density at radius 1 is 1.43 bits per heavy atom. The lowest BCUT2D eigenvalue weighted by atomic mass is 10.5. The summed E-state index contributed by atoms with van der Waals surface area (Å²) in [5, 5.41) is 17.6. The number of carbonyl (C=O) groups excluding carboxylic acids is 1. The number of urea groups is 1. The number of hydrogen-bond acceptors (Lipinski definition) is 5. The van der Waals surface area contributed by atoms with E-state index in [1.54, 1.807) is 0 Å². The van der Waals surface area contributed by atoms with Crippen molar-refractivity contribution in [3.63, 3.8) is 0 Å². The number of rotatable bonds is 9. The van der Waals surface area contributed by atoms with Gasteiger partial charge in [-0.3, -0.25) is 9.48 Å². The van der Waals surface area contributed by atoms with Gasteiger partial charge in [0.05, 0.1) is 25.1 Å². The summed E-state index contributed by atoms with van der Waals surface area (Å²) in [6, 6.07) is -0.388. The van der Waals surface area contributed by atoms with Gasteiger partial charge < -0.3 is 25.4 Å². The fraction of sp³-hybridized carbons (Fsp3) is 0.583. The first-order valence-corrected chi connectivity index (χ1v) is 6.49. The van der Waals surface area contributed by atoms with E-state index in [-0.39, 0.29) is 12.6 Å². The first kappa shape index (κ1) is 16.9. The summed E-state index contributed by atoms with van der Waals surface area (Å²) < 4.78 is 6.55. The van der Waals surface area contributed by atoms with Crippen LogP contribution in [0.5, 0.6) is 0 Å². The van der Waals surface area contributed by atoms with Crippen LogP contribution in [0.4, 0.5) is 10.5 Å². The molecule has 0 aliphatic carbocycles. The van der Waals surface area contributed by atoms with Crippen LogP contribution in [0.25, 0.3) is 0 Å². The molecule has 9 nitrogen and oxygen atoms in total. The van der Waals surface area contributed by atoms with Gasteiger partial charge >= 0.3 is 12.0 Å². The van der Waals surface area contributed by atoms with Gasteiger partial charge in [0.25, 0.3) is 0 Å². The third kappa shape index (κ3) is 7.90. The second-order valence-electron chi connectivity index (χ2n) is 4.62. The molecule has 2 amide bonds. The molecule has 1 aromatic rings. The van der Waals surface area contributed by atoms with Gasteiger partial charge in [0.15, 0.2) is 0 Å². The van der Waals surface area contributed by atoms with E-state index in [1.165, 1.54) is 17.1 Å². The molecule has 21 heavy (non-hydrogen) atoms. The molecular weight excluding hydrogens is 278 g/mol. The van der Waals surface area contributed by atoms with Gasteiger partial charge in [0.2, 0.25) is 0 Å². The van der Waals surface area contributed by atoms with Crippen molar-refractivity contribution >= 4 is 17.7 Å². The molecule has 0 saturated carbocycles. The third-order valence-corrected chi connectivity index (χ3v) is 2.40. The molecule has 0 fully saturated rings. The number of amides is 2. The zero-order chi connectivity index (χ0) is 15.7.